The number of carbonyl (C=O) groups excluding carboxylic acids is 1. The number of aromatic nitrogens is 1. The number of aliphatic hydroxyl groups is 2. The number of hydrogen-bond acceptors (Lipinski definition) is 6. The molecule has 1 aliphatic heterocycles. The lowest BCUT2D eigenvalue weighted by atomic mass is 9.94. The molecular formula is C25H26ClFN4O3. The van der Waals surface area contributed by atoms with Gasteiger partial charge in [0.1, 0.15) is 11.6 Å². The zero-order valence-electron chi connectivity index (χ0n) is 18.3. The molecule has 3 atom stereocenters. The monoisotopic (exact) mass is 484 g/mol. The summed E-state index contributed by atoms with van der Waals surface area (Å²) < 4.78 is 15.0. The van der Waals surface area contributed by atoms with Crippen LogP contribution >= 0.6 is 11.6 Å². The summed E-state index contributed by atoms with van der Waals surface area (Å²) in [5.74, 6) is -0.951. The van der Waals surface area contributed by atoms with Crippen LogP contribution in [0.4, 0.5) is 10.2 Å². The molecule has 1 aliphatic rings. The Kier molecular flexibility index (Phi) is 7.43. The molecule has 6 N–H and O–H groups in total. The number of carbonyl (C=O) groups is 1. The van der Waals surface area contributed by atoms with E-state index in [1.54, 1.807) is 36.5 Å². The van der Waals surface area contributed by atoms with Crippen molar-refractivity contribution in [2.45, 2.75) is 24.4 Å². The van der Waals surface area contributed by atoms with E-state index in [9.17, 15) is 19.4 Å². The summed E-state index contributed by atoms with van der Waals surface area (Å²) in [6.45, 7) is 0.408. The number of benzene rings is 2. The number of pyridine rings is 1. The number of amides is 1. The highest BCUT2D eigenvalue weighted by Gasteiger charge is 2.26. The maximum atomic E-state index is 15.0. The van der Waals surface area contributed by atoms with E-state index in [1.165, 1.54) is 12.1 Å². The van der Waals surface area contributed by atoms with Gasteiger partial charge in [-0.05, 0) is 59.4 Å². The first-order valence-electron chi connectivity index (χ1n) is 11.0. The van der Waals surface area contributed by atoms with Crippen LogP contribution < -0.4 is 16.4 Å². The summed E-state index contributed by atoms with van der Waals surface area (Å²) in [5.41, 5.74) is 8.55. The van der Waals surface area contributed by atoms with Crippen LogP contribution in [0.5, 0.6) is 0 Å². The van der Waals surface area contributed by atoms with Crippen molar-refractivity contribution >= 4 is 23.3 Å². The standard InChI is InChI=1S/C25H26ClFN4O3/c26-18-3-1-2-15(6-18)23(13-33)31-25(34)20-5-4-14(9-22(20)27)21-8-17(11-30-24(21)28)16-7-19(12-32)29-10-16/h1-6,8-9,11,16,19,23,29,32-33H,7,10,12-13H2,(H2,28,30)(H,31,34). The number of nitrogens with zero attached hydrogens (tertiary/aromatic N) is 1. The van der Waals surface area contributed by atoms with Gasteiger partial charge in [-0.1, -0.05) is 29.8 Å². The molecule has 0 aliphatic carbocycles. The van der Waals surface area contributed by atoms with Crippen LogP contribution in [0.1, 0.15) is 39.9 Å². The molecule has 3 unspecified atom stereocenters. The molecule has 1 fully saturated rings. The van der Waals surface area contributed by atoms with Crippen LogP contribution in [-0.2, 0) is 0 Å². The van der Waals surface area contributed by atoms with Gasteiger partial charge in [-0.25, -0.2) is 9.37 Å². The zero-order valence-corrected chi connectivity index (χ0v) is 19.1. The quantitative estimate of drug-likeness (QED) is 0.351. The second-order valence-corrected chi connectivity index (χ2v) is 8.82. The molecule has 1 aromatic heterocycles. The van der Waals surface area contributed by atoms with Crippen LogP contribution in [0.25, 0.3) is 11.1 Å². The molecular weight excluding hydrogens is 459 g/mol. The molecule has 7 nitrogen and oxygen atoms in total. The normalized spacial score (nSPS) is 18.6. The van der Waals surface area contributed by atoms with Crippen molar-refractivity contribution in [2.24, 2.45) is 0 Å². The number of rotatable bonds is 7. The molecule has 0 radical (unpaired) electrons. The first-order valence-corrected chi connectivity index (χ1v) is 11.3. The van der Waals surface area contributed by atoms with Crippen molar-refractivity contribution < 1.29 is 19.4 Å². The first-order chi connectivity index (χ1) is 16.4. The highest BCUT2D eigenvalue weighted by Crippen LogP contribution is 2.32. The molecule has 4 rings (SSSR count). The maximum Gasteiger partial charge on any atom is 0.254 e. The number of nitrogens with one attached hydrogen (secondary N) is 2. The number of nitrogen functional groups attached to an aromatic ring is 1. The summed E-state index contributed by atoms with van der Waals surface area (Å²) in [4.78, 5) is 17.0. The average molecular weight is 485 g/mol. The van der Waals surface area contributed by atoms with Crippen LogP contribution in [-0.4, -0.2) is 46.9 Å². The Bertz CT molecular complexity index is 1190. The molecule has 0 spiro atoms. The summed E-state index contributed by atoms with van der Waals surface area (Å²) in [6, 6.07) is 12.2. The van der Waals surface area contributed by atoms with Crippen LogP contribution in [0.3, 0.4) is 0 Å². The van der Waals surface area contributed by atoms with Crippen molar-refractivity contribution in [2.75, 3.05) is 25.5 Å². The molecule has 9 heteroatoms. The lowest BCUT2D eigenvalue weighted by Crippen LogP contribution is -2.31. The summed E-state index contributed by atoms with van der Waals surface area (Å²) in [6.07, 6.45) is 2.47. The fourth-order valence-electron chi connectivity index (χ4n) is 4.22. The van der Waals surface area contributed by atoms with Crippen molar-refractivity contribution in [1.29, 1.82) is 0 Å². The Balaban J connectivity index is 1.55. The van der Waals surface area contributed by atoms with Gasteiger partial charge in [-0.3, -0.25) is 4.79 Å². The predicted octanol–water partition coefficient (Wildman–Crippen LogP) is 3.02. The SMILES string of the molecule is Nc1ncc(C2CNC(CO)C2)cc1-c1ccc(C(=O)NC(CO)c2cccc(Cl)c2)c(F)c1. The Morgan fingerprint density at radius 1 is 1.26 bits per heavy atom. The lowest BCUT2D eigenvalue weighted by molar-refractivity contribution is 0.0912. The first kappa shape index (κ1) is 24.1. The van der Waals surface area contributed by atoms with E-state index in [-0.39, 0.29) is 36.6 Å². The van der Waals surface area contributed by atoms with Crippen molar-refractivity contribution in [1.82, 2.24) is 15.6 Å². The zero-order chi connectivity index (χ0) is 24.2. The van der Waals surface area contributed by atoms with Gasteiger partial charge < -0.3 is 26.6 Å². The minimum Gasteiger partial charge on any atom is -0.395 e. The van der Waals surface area contributed by atoms with E-state index in [2.05, 4.69) is 15.6 Å². The van der Waals surface area contributed by atoms with Gasteiger partial charge >= 0.3 is 0 Å². The average Bonchev–Trinajstić information content (AvgIpc) is 3.32. The summed E-state index contributed by atoms with van der Waals surface area (Å²) in [7, 11) is 0. The molecule has 0 saturated carbocycles. The number of hydrogen-bond donors (Lipinski definition) is 5. The largest absolute Gasteiger partial charge is 0.395 e. The number of anilines is 1. The third kappa shape index (κ3) is 5.20. The van der Waals surface area contributed by atoms with Gasteiger partial charge in [0.2, 0.25) is 0 Å². The van der Waals surface area contributed by atoms with Crippen molar-refractivity contribution in [3.63, 3.8) is 0 Å². The maximum absolute atomic E-state index is 15.0. The molecule has 34 heavy (non-hydrogen) atoms. The number of nitrogens with two attached hydrogens (primary N) is 1. The minimum atomic E-state index is -0.732. The van der Waals surface area contributed by atoms with Crippen LogP contribution in [0, 0.1) is 5.82 Å². The second kappa shape index (κ2) is 10.5. The Morgan fingerprint density at radius 3 is 2.76 bits per heavy atom. The minimum absolute atomic E-state index is 0.0379. The van der Waals surface area contributed by atoms with E-state index in [0.717, 1.165) is 12.0 Å². The van der Waals surface area contributed by atoms with Gasteiger partial charge in [0.05, 0.1) is 24.8 Å². The Hall–Kier alpha value is -3.04. The fourth-order valence-corrected chi connectivity index (χ4v) is 4.42. The predicted molar refractivity (Wildman–Crippen MR) is 129 cm³/mol. The molecule has 3 aromatic rings. The smallest absolute Gasteiger partial charge is 0.254 e. The van der Waals surface area contributed by atoms with Crippen molar-refractivity contribution in [3.8, 4) is 11.1 Å². The fraction of sp³-hybridized carbons (Fsp3) is 0.280. The third-order valence-corrected chi connectivity index (χ3v) is 6.35. The Morgan fingerprint density at radius 2 is 2.09 bits per heavy atom. The molecule has 178 valence electrons. The van der Waals surface area contributed by atoms with E-state index < -0.39 is 17.8 Å². The number of aliphatic hydroxyl groups excluding tert-OH is 2. The molecule has 1 amide bonds. The number of halogens is 2. The third-order valence-electron chi connectivity index (χ3n) is 6.12. The summed E-state index contributed by atoms with van der Waals surface area (Å²) in [5, 5.41) is 25.4. The van der Waals surface area contributed by atoms with Crippen molar-refractivity contribution in [3.05, 3.63) is 82.3 Å². The lowest BCUT2D eigenvalue weighted by Gasteiger charge is -2.18. The second-order valence-electron chi connectivity index (χ2n) is 8.38. The van der Waals surface area contributed by atoms with Gasteiger partial charge in [-0.2, -0.15) is 0 Å². The molecule has 1 saturated heterocycles. The highest BCUT2D eigenvalue weighted by molar-refractivity contribution is 6.30. The highest BCUT2D eigenvalue weighted by atomic mass is 35.5. The van der Waals surface area contributed by atoms with E-state index in [1.807, 2.05) is 6.07 Å². The summed E-state index contributed by atoms with van der Waals surface area (Å²) >= 11 is 6.00. The van der Waals surface area contributed by atoms with E-state index in [4.69, 9.17) is 17.3 Å². The van der Waals surface area contributed by atoms with Gasteiger partial charge in [-0.15, -0.1) is 0 Å². The Labute approximate surface area is 201 Å². The molecule has 2 aromatic carbocycles. The molecule has 2 heterocycles. The molecule has 0 bridgehead atoms. The van der Waals surface area contributed by atoms with E-state index >= 15 is 0 Å². The van der Waals surface area contributed by atoms with Crippen LogP contribution in [0.15, 0.2) is 54.7 Å². The van der Waals surface area contributed by atoms with E-state index in [0.29, 0.717) is 28.3 Å². The van der Waals surface area contributed by atoms with Gasteiger partial charge in [0, 0.05) is 29.4 Å². The van der Waals surface area contributed by atoms with Gasteiger partial charge in [0.25, 0.3) is 5.91 Å². The topological polar surface area (TPSA) is 121 Å². The van der Waals surface area contributed by atoms with Gasteiger partial charge in [0.15, 0.2) is 0 Å². The van der Waals surface area contributed by atoms with Crippen LogP contribution in [0.2, 0.25) is 5.02 Å².